The van der Waals surface area contributed by atoms with Gasteiger partial charge in [-0.3, -0.25) is 9.59 Å². The highest BCUT2D eigenvalue weighted by Gasteiger charge is 2.33. The molecule has 0 aliphatic carbocycles. The van der Waals surface area contributed by atoms with Gasteiger partial charge in [0.25, 0.3) is 0 Å². The van der Waals surface area contributed by atoms with E-state index in [1.54, 1.807) is 4.90 Å². The Morgan fingerprint density at radius 3 is 1.48 bits per heavy atom. The number of ether oxygens (including phenoxy) is 3. The van der Waals surface area contributed by atoms with Gasteiger partial charge in [0.2, 0.25) is 0 Å². The average Bonchev–Trinajstić information content (AvgIpc) is 3.13. The predicted octanol–water partition coefficient (Wildman–Crippen LogP) is 11.5. The Morgan fingerprint density at radius 2 is 1.02 bits per heavy atom. The standard InChI is InChI=1S/C46H78N2O6/c1-5-7-9-11-13-15-17-19-21-23-25-27-29-31-33-35-44(49)52-40-43(54-46(51)48-38-42(39-48)37-47(3)4)41-53-45(50)36-34-32-30-28-26-24-22-20-18-16-14-12-10-8-6-2/h7,9,13-16,19-22,42-43H,5-6,8,10-12,17-18,23-41H2,1-4H3/b9-7-,15-13-,16-14-,21-19-,22-20-. The highest BCUT2D eigenvalue weighted by Crippen LogP contribution is 2.18. The molecule has 54 heavy (non-hydrogen) atoms. The second-order valence-corrected chi connectivity index (χ2v) is 15.0. The molecule has 0 radical (unpaired) electrons. The lowest BCUT2D eigenvalue weighted by atomic mass is 10.0. The zero-order valence-corrected chi connectivity index (χ0v) is 34.9. The van der Waals surface area contributed by atoms with Gasteiger partial charge in [-0.1, -0.05) is 126 Å². The molecule has 0 spiro atoms. The summed E-state index contributed by atoms with van der Waals surface area (Å²) in [7, 11) is 4.03. The van der Waals surface area contributed by atoms with Crippen LogP contribution in [0.15, 0.2) is 60.8 Å². The van der Waals surface area contributed by atoms with Gasteiger partial charge in [-0.05, 0) is 91.1 Å². The maximum Gasteiger partial charge on any atom is 0.410 e. The SMILES string of the molecule is CC/C=C\C/C=C\C/C=C\CCCCCCCC(=O)OCC(COC(=O)CCCCCCC/C=C\C/C=C\CCCCC)OC(=O)N1CC(CN(C)C)C1. The van der Waals surface area contributed by atoms with E-state index in [-0.39, 0.29) is 25.2 Å². The molecule has 1 atom stereocenters. The van der Waals surface area contributed by atoms with Gasteiger partial charge in [-0.25, -0.2) is 4.79 Å². The number of rotatable bonds is 34. The maximum absolute atomic E-state index is 12.8. The van der Waals surface area contributed by atoms with Crippen molar-refractivity contribution in [2.75, 3.05) is 46.9 Å². The third-order valence-corrected chi connectivity index (χ3v) is 9.33. The minimum absolute atomic E-state index is 0.117. The van der Waals surface area contributed by atoms with Crippen LogP contribution in [0.5, 0.6) is 0 Å². The van der Waals surface area contributed by atoms with Crippen LogP contribution in [0, 0.1) is 5.92 Å². The quantitative estimate of drug-likeness (QED) is 0.0280. The normalized spacial score (nSPS) is 14.4. The van der Waals surface area contributed by atoms with E-state index in [1.807, 2.05) is 14.1 Å². The lowest BCUT2D eigenvalue weighted by molar-refractivity contribution is -0.153. The topological polar surface area (TPSA) is 85.4 Å². The third-order valence-electron chi connectivity index (χ3n) is 9.33. The molecule has 1 aliphatic rings. The average molecular weight is 755 g/mol. The van der Waals surface area contributed by atoms with Crippen molar-refractivity contribution in [2.45, 2.75) is 161 Å². The zero-order valence-electron chi connectivity index (χ0n) is 34.9. The van der Waals surface area contributed by atoms with Gasteiger partial charge in [0.1, 0.15) is 13.2 Å². The fourth-order valence-electron chi connectivity index (χ4n) is 6.17. The van der Waals surface area contributed by atoms with Crippen LogP contribution < -0.4 is 0 Å². The molecule has 0 saturated carbocycles. The summed E-state index contributed by atoms with van der Waals surface area (Å²) in [5.74, 6) is -0.221. The summed E-state index contributed by atoms with van der Waals surface area (Å²) >= 11 is 0. The van der Waals surface area contributed by atoms with E-state index in [0.29, 0.717) is 31.8 Å². The number of hydrogen-bond acceptors (Lipinski definition) is 7. The van der Waals surface area contributed by atoms with E-state index in [9.17, 15) is 14.4 Å². The fourth-order valence-corrected chi connectivity index (χ4v) is 6.17. The number of amides is 1. The summed E-state index contributed by atoms with van der Waals surface area (Å²) in [6.07, 6.45) is 43.3. The van der Waals surface area contributed by atoms with Crippen molar-refractivity contribution < 1.29 is 28.6 Å². The first kappa shape index (κ1) is 48.9. The molecule has 1 aliphatic heterocycles. The van der Waals surface area contributed by atoms with E-state index in [2.05, 4.69) is 79.5 Å². The summed E-state index contributed by atoms with van der Waals surface area (Å²) in [6, 6.07) is 0. The van der Waals surface area contributed by atoms with Gasteiger partial charge in [0, 0.05) is 38.4 Å². The first-order valence-electron chi connectivity index (χ1n) is 21.5. The molecule has 308 valence electrons. The van der Waals surface area contributed by atoms with Gasteiger partial charge >= 0.3 is 18.0 Å². The summed E-state index contributed by atoms with van der Waals surface area (Å²) in [6.45, 7) is 6.30. The Morgan fingerprint density at radius 1 is 0.593 bits per heavy atom. The predicted molar refractivity (Wildman–Crippen MR) is 224 cm³/mol. The van der Waals surface area contributed by atoms with Crippen molar-refractivity contribution >= 4 is 18.0 Å². The molecule has 8 heteroatoms. The van der Waals surface area contributed by atoms with Crippen LogP contribution in [-0.2, 0) is 23.8 Å². The number of carbonyl (C=O) groups excluding carboxylic acids is 3. The van der Waals surface area contributed by atoms with Crippen LogP contribution in [0.4, 0.5) is 4.79 Å². The summed E-state index contributed by atoms with van der Waals surface area (Å²) in [5.41, 5.74) is 0. The number of hydrogen-bond donors (Lipinski definition) is 0. The molecule has 1 unspecified atom stereocenters. The minimum Gasteiger partial charge on any atom is -0.462 e. The van der Waals surface area contributed by atoms with Gasteiger partial charge in [-0.2, -0.15) is 0 Å². The molecule has 8 nitrogen and oxygen atoms in total. The lowest BCUT2D eigenvalue weighted by Gasteiger charge is -2.40. The molecule has 0 aromatic carbocycles. The van der Waals surface area contributed by atoms with E-state index >= 15 is 0 Å². The second-order valence-electron chi connectivity index (χ2n) is 15.0. The van der Waals surface area contributed by atoms with E-state index in [0.717, 1.165) is 109 Å². The van der Waals surface area contributed by atoms with Crippen LogP contribution in [0.2, 0.25) is 0 Å². The van der Waals surface area contributed by atoms with Crippen molar-refractivity contribution in [2.24, 2.45) is 5.92 Å². The van der Waals surface area contributed by atoms with Crippen LogP contribution >= 0.6 is 0 Å². The molecule has 1 rings (SSSR count). The molecule has 0 bridgehead atoms. The molecular formula is C46H78N2O6. The Labute approximate surface area is 330 Å². The molecule has 1 heterocycles. The highest BCUT2D eigenvalue weighted by atomic mass is 16.6. The molecule has 0 N–H and O–H groups in total. The van der Waals surface area contributed by atoms with Crippen molar-refractivity contribution in [3.8, 4) is 0 Å². The van der Waals surface area contributed by atoms with Crippen molar-refractivity contribution in [3.63, 3.8) is 0 Å². The minimum atomic E-state index is -0.829. The Bertz CT molecular complexity index is 1090. The van der Waals surface area contributed by atoms with Crippen LogP contribution in [0.3, 0.4) is 0 Å². The molecule has 1 fully saturated rings. The first-order chi connectivity index (χ1) is 26.3. The van der Waals surface area contributed by atoms with Gasteiger partial charge in [0.15, 0.2) is 6.10 Å². The van der Waals surface area contributed by atoms with Gasteiger partial charge in [0.05, 0.1) is 0 Å². The van der Waals surface area contributed by atoms with Crippen molar-refractivity contribution in [3.05, 3.63) is 60.8 Å². The Kier molecular flexibility index (Phi) is 32.2. The third kappa shape index (κ3) is 30.2. The number of likely N-dealkylation sites (tertiary alicyclic amines) is 1. The molecule has 1 saturated heterocycles. The second kappa shape index (κ2) is 35.6. The number of esters is 2. The number of nitrogens with zero attached hydrogens (tertiary/aromatic N) is 2. The van der Waals surface area contributed by atoms with Gasteiger partial charge < -0.3 is 24.0 Å². The Balaban J connectivity index is 2.27. The van der Waals surface area contributed by atoms with Crippen LogP contribution in [-0.4, -0.2) is 80.9 Å². The van der Waals surface area contributed by atoms with Crippen molar-refractivity contribution in [1.29, 1.82) is 0 Å². The molecular weight excluding hydrogens is 677 g/mol. The zero-order chi connectivity index (χ0) is 39.3. The van der Waals surface area contributed by atoms with E-state index < -0.39 is 12.2 Å². The molecule has 0 aromatic heterocycles. The van der Waals surface area contributed by atoms with Gasteiger partial charge in [-0.15, -0.1) is 0 Å². The monoisotopic (exact) mass is 755 g/mol. The fraction of sp³-hybridized carbons (Fsp3) is 0.717. The number of allylic oxidation sites excluding steroid dienone is 10. The summed E-state index contributed by atoms with van der Waals surface area (Å²) < 4.78 is 16.7. The summed E-state index contributed by atoms with van der Waals surface area (Å²) in [5, 5.41) is 0. The highest BCUT2D eigenvalue weighted by molar-refractivity contribution is 5.71. The summed E-state index contributed by atoms with van der Waals surface area (Å²) in [4.78, 5) is 41.6. The molecule has 1 amide bonds. The van der Waals surface area contributed by atoms with E-state index in [1.165, 1.54) is 25.7 Å². The van der Waals surface area contributed by atoms with Crippen LogP contribution in [0.25, 0.3) is 0 Å². The smallest absolute Gasteiger partial charge is 0.410 e. The maximum atomic E-state index is 12.8. The van der Waals surface area contributed by atoms with E-state index in [4.69, 9.17) is 14.2 Å². The lowest BCUT2D eigenvalue weighted by Crippen LogP contribution is -2.54. The number of unbranched alkanes of at least 4 members (excludes halogenated alkanes) is 13. The largest absolute Gasteiger partial charge is 0.462 e. The Hall–Kier alpha value is -3.13. The van der Waals surface area contributed by atoms with Crippen LogP contribution in [0.1, 0.15) is 155 Å². The first-order valence-corrected chi connectivity index (χ1v) is 21.5. The van der Waals surface area contributed by atoms with Crippen molar-refractivity contribution in [1.82, 2.24) is 9.80 Å². The molecule has 0 aromatic rings. The number of carbonyl (C=O) groups is 3.